The van der Waals surface area contributed by atoms with Crippen molar-refractivity contribution in [1.29, 1.82) is 0 Å². The Labute approximate surface area is 126 Å². The summed E-state index contributed by atoms with van der Waals surface area (Å²) in [5.74, 6) is 1.80. The molecule has 0 bridgehead atoms. The molecular formula is C14H15ClN4O2. The molecule has 0 spiro atoms. The molecule has 21 heavy (non-hydrogen) atoms. The third kappa shape index (κ3) is 3.95. The van der Waals surface area contributed by atoms with Gasteiger partial charge in [0, 0.05) is 29.6 Å². The molecule has 3 rings (SSSR count). The van der Waals surface area contributed by atoms with Crippen molar-refractivity contribution in [2.75, 3.05) is 11.9 Å². The number of carbonyl (C=O) groups excluding carboxylic acids is 1. The summed E-state index contributed by atoms with van der Waals surface area (Å²) in [6.07, 6.45) is 2.80. The predicted molar refractivity (Wildman–Crippen MR) is 78.5 cm³/mol. The van der Waals surface area contributed by atoms with Gasteiger partial charge in [-0.15, -0.1) is 0 Å². The Hall–Kier alpha value is -2.08. The summed E-state index contributed by atoms with van der Waals surface area (Å²) in [6, 6.07) is 6.64. The summed E-state index contributed by atoms with van der Waals surface area (Å²) < 4.78 is 5.15. The first kappa shape index (κ1) is 13.9. The zero-order valence-corrected chi connectivity index (χ0v) is 12.1. The largest absolute Gasteiger partial charge is 0.339 e. The summed E-state index contributed by atoms with van der Waals surface area (Å²) in [5.41, 5.74) is 0.687. The maximum atomic E-state index is 11.7. The number of urea groups is 1. The highest BCUT2D eigenvalue weighted by atomic mass is 35.5. The number of anilines is 1. The molecule has 1 fully saturated rings. The van der Waals surface area contributed by atoms with Gasteiger partial charge in [-0.1, -0.05) is 16.8 Å². The number of nitrogens with zero attached hydrogens (tertiary/aromatic N) is 2. The third-order valence-electron chi connectivity index (χ3n) is 3.15. The Morgan fingerprint density at radius 3 is 2.81 bits per heavy atom. The standard InChI is InChI=1S/C14H15ClN4O2/c15-10-3-5-11(6-4-10)17-14(20)16-8-7-12-18-13(21-19-12)9-1-2-9/h3-6,9H,1-2,7-8H2,(H2,16,17,20). The highest BCUT2D eigenvalue weighted by Gasteiger charge is 2.29. The second kappa shape index (κ2) is 6.13. The molecule has 0 saturated heterocycles. The van der Waals surface area contributed by atoms with Crippen LogP contribution < -0.4 is 10.6 Å². The van der Waals surface area contributed by atoms with Gasteiger partial charge in [-0.25, -0.2) is 4.79 Å². The summed E-state index contributed by atoms with van der Waals surface area (Å²) in [6.45, 7) is 0.447. The van der Waals surface area contributed by atoms with Crippen molar-refractivity contribution in [1.82, 2.24) is 15.5 Å². The fourth-order valence-corrected chi connectivity index (χ4v) is 1.99. The number of hydrogen-bond acceptors (Lipinski definition) is 4. The molecule has 1 aromatic carbocycles. The van der Waals surface area contributed by atoms with E-state index in [0.717, 1.165) is 18.7 Å². The minimum Gasteiger partial charge on any atom is -0.339 e. The van der Waals surface area contributed by atoms with Crippen LogP contribution in [0.2, 0.25) is 5.02 Å². The topological polar surface area (TPSA) is 80.1 Å². The molecule has 2 amide bonds. The first-order chi connectivity index (χ1) is 10.2. The Kier molecular flexibility index (Phi) is 4.06. The second-order valence-electron chi connectivity index (χ2n) is 4.96. The first-order valence-corrected chi connectivity index (χ1v) is 7.21. The van der Waals surface area contributed by atoms with E-state index >= 15 is 0 Å². The van der Waals surface area contributed by atoms with Crippen LogP contribution in [-0.2, 0) is 6.42 Å². The van der Waals surface area contributed by atoms with E-state index in [1.807, 2.05) is 0 Å². The lowest BCUT2D eigenvalue weighted by atomic mass is 10.3. The number of rotatable bonds is 5. The molecule has 1 aromatic heterocycles. The van der Waals surface area contributed by atoms with Gasteiger partial charge >= 0.3 is 6.03 Å². The molecule has 0 unspecified atom stereocenters. The van der Waals surface area contributed by atoms with Gasteiger partial charge in [0.15, 0.2) is 5.82 Å². The van der Waals surface area contributed by atoms with Crippen LogP contribution in [0.15, 0.2) is 28.8 Å². The van der Waals surface area contributed by atoms with Crippen LogP contribution >= 0.6 is 11.6 Å². The molecule has 0 aliphatic heterocycles. The van der Waals surface area contributed by atoms with Crippen molar-refractivity contribution >= 4 is 23.3 Å². The van der Waals surface area contributed by atoms with E-state index in [-0.39, 0.29) is 6.03 Å². The monoisotopic (exact) mass is 306 g/mol. The smallest absolute Gasteiger partial charge is 0.319 e. The summed E-state index contributed by atoms with van der Waals surface area (Å²) in [4.78, 5) is 16.0. The Bertz CT molecular complexity index is 622. The van der Waals surface area contributed by atoms with E-state index in [2.05, 4.69) is 20.8 Å². The van der Waals surface area contributed by atoms with Gasteiger partial charge in [0.25, 0.3) is 0 Å². The molecule has 2 aromatic rings. The average molecular weight is 307 g/mol. The van der Waals surface area contributed by atoms with Crippen LogP contribution in [-0.4, -0.2) is 22.7 Å². The quantitative estimate of drug-likeness (QED) is 0.890. The van der Waals surface area contributed by atoms with E-state index in [0.29, 0.717) is 35.4 Å². The Balaban J connectivity index is 1.41. The van der Waals surface area contributed by atoms with Crippen molar-refractivity contribution in [3.05, 3.63) is 41.0 Å². The number of aromatic nitrogens is 2. The minimum atomic E-state index is -0.275. The van der Waals surface area contributed by atoms with Gasteiger partial charge in [-0.3, -0.25) is 0 Å². The molecule has 2 N–H and O–H groups in total. The van der Waals surface area contributed by atoms with Crippen LogP contribution in [0, 0.1) is 0 Å². The lowest BCUT2D eigenvalue weighted by molar-refractivity contribution is 0.252. The van der Waals surface area contributed by atoms with Crippen molar-refractivity contribution in [3.63, 3.8) is 0 Å². The van der Waals surface area contributed by atoms with E-state index < -0.39 is 0 Å². The van der Waals surface area contributed by atoms with E-state index in [1.54, 1.807) is 24.3 Å². The number of carbonyl (C=O) groups is 1. The van der Waals surface area contributed by atoms with Crippen LogP contribution in [0.4, 0.5) is 10.5 Å². The lowest BCUT2D eigenvalue weighted by Gasteiger charge is -2.06. The SMILES string of the molecule is O=C(NCCc1noc(C2CC2)n1)Nc1ccc(Cl)cc1. The van der Waals surface area contributed by atoms with Crippen LogP contribution in [0.25, 0.3) is 0 Å². The van der Waals surface area contributed by atoms with Crippen LogP contribution in [0.3, 0.4) is 0 Å². The molecule has 6 nitrogen and oxygen atoms in total. The van der Waals surface area contributed by atoms with Crippen LogP contribution in [0.5, 0.6) is 0 Å². The molecule has 7 heteroatoms. The van der Waals surface area contributed by atoms with Crippen molar-refractivity contribution in [2.24, 2.45) is 0 Å². The first-order valence-electron chi connectivity index (χ1n) is 6.83. The van der Waals surface area contributed by atoms with Gasteiger partial charge < -0.3 is 15.2 Å². The number of nitrogens with one attached hydrogen (secondary N) is 2. The summed E-state index contributed by atoms with van der Waals surface area (Å²) in [7, 11) is 0. The van der Waals surface area contributed by atoms with Crippen molar-refractivity contribution in [3.8, 4) is 0 Å². The normalized spacial score (nSPS) is 14.0. The van der Waals surface area contributed by atoms with Gasteiger partial charge in [0.2, 0.25) is 5.89 Å². The van der Waals surface area contributed by atoms with Gasteiger partial charge in [0.05, 0.1) is 0 Å². The number of hydrogen-bond donors (Lipinski definition) is 2. The molecule has 1 heterocycles. The van der Waals surface area contributed by atoms with Crippen molar-refractivity contribution < 1.29 is 9.32 Å². The third-order valence-corrected chi connectivity index (χ3v) is 3.40. The molecule has 110 valence electrons. The zero-order chi connectivity index (χ0) is 14.7. The Morgan fingerprint density at radius 1 is 1.33 bits per heavy atom. The number of benzene rings is 1. The maximum absolute atomic E-state index is 11.7. The fraction of sp³-hybridized carbons (Fsp3) is 0.357. The molecule has 1 saturated carbocycles. The molecule has 0 radical (unpaired) electrons. The average Bonchev–Trinajstić information content (AvgIpc) is 3.22. The molecular weight excluding hydrogens is 292 g/mol. The maximum Gasteiger partial charge on any atom is 0.319 e. The highest BCUT2D eigenvalue weighted by Crippen LogP contribution is 2.38. The zero-order valence-electron chi connectivity index (χ0n) is 11.3. The van der Waals surface area contributed by atoms with Crippen molar-refractivity contribution in [2.45, 2.75) is 25.2 Å². The van der Waals surface area contributed by atoms with E-state index in [9.17, 15) is 4.79 Å². The fourth-order valence-electron chi connectivity index (χ4n) is 1.86. The molecule has 0 atom stereocenters. The molecule has 1 aliphatic rings. The van der Waals surface area contributed by atoms with Gasteiger partial charge in [0.1, 0.15) is 0 Å². The van der Waals surface area contributed by atoms with Gasteiger partial charge in [-0.2, -0.15) is 4.98 Å². The van der Waals surface area contributed by atoms with Gasteiger partial charge in [-0.05, 0) is 37.1 Å². The summed E-state index contributed by atoms with van der Waals surface area (Å²) in [5, 5.41) is 9.98. The van der Waals surface area contributed by atoms with E-state index in [1.165, 1.54) is 0 Å². The second-order valence-corrected chi connectivity index (χ2v) is 5.40. The molecule has 1 aliphatic carbocycles. The lowest BCUT2D eigenvalue weighted by Crippen LogP contribution is -2.30. The number of amides is 2. The summed E-state index contributed by atoms with van der Waals surface area (Å²) >= 11 is 5.78. The highest BCUT2D eigenvalue weighted by molar-refractivity contribution is 6.30. The van der Waals surface area contributed by atoms with Crippen LogP contribution in [0.1, 0.15) is 30.5 Å². The number of halogens is 1. The van der Waals surface area contributed by atoms with E-state index in [4.69, 9.17) is 16.1 Å². The minimum absolute atomic E-state index is 0.275. The Morgan fingerprint density at radius 2 is 2.10 bits per heavy atom. The predicted octanol–water partition coefficient (Wildman–Crippen LogP) is 2.96.